The molecular formula is C20H18ClN3O2. The van der Waals surface area contributed by atoms with Crippen molar-refractivity contribution in [1.82, 2.24) is 14.9 Å². The molecule has 1 aromatic heterocycles. The third-order valence-electron chi connectivity index (χ3n) is 3.96. The Morgan fingerprint density at radius 1 is 1.23 bits per heavy atom. The Morgan fingerprint density at radius 2 is 2.04 bits per heavy atom. The van der Waals surface area contributed by atoms with Crippen LogP contribution in [0.2, 0.25) is 5.02 Å². The Morgan fingerprint density at radius 3 is 2.81 bits per heavy atom. The number of fused-ring (bicyclic) bond motifs is 1. The number of hydrogen-bond acceptors (Lipinski definition) is 3. The molecule has 0 saturated carbocycles. The van der Waals surface area contributed by atoms with E-state index in [1.807, 2.05) is 25.1 Å². The van der Waals surface area contributed by atoms with Crippen molar-refractivity contribution in [2.75, 3.05) is 6.54 Å². The van der Waals surface area contributed by atoms with Gasteiger partial charge in [-0.2, -0.15) is 0 Å². The Hall–Kier alpha value is -2.92. The van der Waals surface area contributed by atoms with Gasteiger partial charge < -0.3 is 9.88 Å². The van der Waals surface area contributed by atoms with E-state index in [-0.39, 0.29) is 18.0 Å². The van der Waals surface area contributed by atoms with Crippen LogP contribution < -0.4 is 5.56 Å². The van der Waals surface area contributed by atoms with Gasteiger partial charge in [-0.1, -0.05) is 35.9 Å². The number of H-pyrrole nitrogens is 1. The summed E-state index contributed by atoms with van der Waals surface area (Å²) in [5.74, 6) is 0.295. The summed E-state index contributed by atoms with van der Waals surface area (Å²) in [7, 11) is 0. The number of benzene rings is 2. The van der Waals surface area contributed by atoms with Crippen LogP contribution in [0.5, 0.6) is 0 Å². The number of carbonyl (C=O) groups excluding carboxylic acids is 1. The molecular weight excluding hydrogens is 350 g/mol. The third-order valence-corrected chi connectivity index (χ3v) is 4.20. The number of amides is 1. The topological polar surface area (TPSA) is 66.1 Å². The summed E-state index contributed by atoms with van der Waals surface area (Å²) in [4.78, 5) is 33.4. The monoisotopic (exact) mass is 367 g/mol. The summed E-state index contributed by atoms with van der Waals surface area (Å²) in [5.41, 5.74) is 1.26. The van der Waals surface area contributed by atoms with Gasteiger partial charge in [0.25, 0.3) is 5.56 Å². The first kappa shape index (κ1) is 17.9. The Labute approximate surface area is 155 Å². The van der Waals surface area contributed by atoms with Crippen molar-refractivity contribution in [1.29, 1.82) is 0 Å². The zero-order valence-corrected chi connectivity index (χ0v) is 15.0. The van der Waals surface area contributed by atoms with Crippen molar-refractivity contribution in [2.24, 2.45) is 0 Å². The molecule has 1 amide bonds. The van der Waals surface area contributed by atoms with Gasteiger partial charge in [0.2, 0.25) is 5.91 Å². The van der Waals surface area contributed by atoms with Gasteiger partial charge >= 0.3 is 0 Å². The van der Waals surface area contributed by atoms with Gasteiger partial charge in [-0.25, -0.2) is 4.98 Å². The summed E-state index contributed by atoms with van der Waals surface area (Å²) >= 11 is 5.95. The molecule has 1 heterocycles. The van der Waals surface area contributed by atoms with Gasteiger partial charge in [0, 0.05) is 17.6 Å². The normalized spacial score (nSPS) is 11.2. The molecule has 0 bridgehead atoms. The highest BCUT2D eigenvalue weighted by molar-refractivity contribution is 6.30. The summed E-state index contributed by atoms with van der Waals surface area (Å²) in [6, 6.07) is 14.4. The number of nitrogens with one attached hydrogen (secondary N) is 1. The summed E-state index contributed by atoms with van der Waals surface area (Å²) in [5, 5.41) is 1.15. The minimum absolute atomic E-state index is 0.164. The zero-order chi connectivity index (χ0) is 18.5. The van der Waals surface area contributed by atoms with Gasteiger partial charge in [0.1, 0.15) is 5.82 Å². The molecule has 0 radical (unpaired) electrons. The van der Waals surface area contributed by atoms with Crippen LogP contribution >= 0.6 is 11.6 Å². The number of aromatic nitrogens is 2. The first-order chi connectivity index (χ1) is 12.6. The molecule has 0 unspecified atom stereocenters. The summed E-state index contributed by atoms with van der Waals surface area (Å²) < 4.78 is 0. The Bertz CT molecular complexity index is 1030. The van der Waals surface area contributed by atoms with Gasteiger partial charge in [-0.3, -0.25) is 9.59 Å². The van der Waals surface area contributed by atoms with Crippen molar-refractivity contribution in [2.45, 2.75) is 13.5 Å². The molecule has 0 aliphatic rings. The van der Waals surface area contributed by atoms with E-state index in [1.54, 1.807) is 41.3 Å². The Kier molecular flexibility index (Phi) is 5.49. The van der Waals surface area contributed by atoms with E-state index in [2.05, 4.69) is 9.97 Å². The lowest BCUT2D eigenvalue weighted by Gasteiger charge is -2.18. The molecule has 0 atom stereocenters. The zero-order valence-electron chi connectivity index (χ0n) is 14.3. The van der Waals surface area contributed by atoms with Crippen LogP contribution in [0.1, 0.15) is 18.3 Å². The summed E-state index contributed by atoms with van der Waals surface area (Å²) in [6.07, 6.45) is 3.21. The largest absolute Gasteiger partial charge is 0.332 e. The average Bonchev–Trinajstić information content (AvgIpc) is 2.64. The van der Waals surface area contributed by atoms with E-state index in [9.17, 15) is 9.59 Å². The van der Waals surface area contributed by atoms with E-state index in [4.69, 9.17) is 11.6 Å². The van der Waals surface area contributed by atoms with Crippen LogP contribution in [0, 0.1) is 0 Å². The van der Waals surface area contributed by atoms with Crippen LogP contribution in [0.3, 0.4) is 0 Å². The number of nitrogens with zero attached hydrogens (tertiary/aromatic N) is 2. The second kappa shape index (κ2) is 7.97. The smallest absolute Gasteiger partial charge is 0.258 e. The van der Waals surface area contributed by atoms with Crippen LogP contribution in [-0.2, 0) is 11.3 Å². The predicted octanol–water partition coefficient (Wildman–Crippen LogP) is 3.64. The number of rotatable bonds is 5. The molecule has 0 spiro atoms. The first-order valence-corrected chi connectivity index (χ1v) is 8.65. The molecule has 3 rings (SSSR count). The quantitative estimate of drug-likeness (QED) is 0.700. The van der Waals surface area contributed by atoms with Crippen LogP contribution in [0.15, 0.2) is 59.4 Å². The van der Waals surface area contributed by atoms with E-state index in [1.165, 1.54) is 6.08 Å². The van der Waals surface area contributed by atoms with Crippen LogP contribution in [-0.4, -0.2) is 27.3 Å². The molecule has 6 heteroatoms. The number of carbonyl (C=O) groups is 1. The maximum Gasteiger partial charge on any atom is 0.258 e. The maximum absolute atomic E-state index is 12.5. The molecule has 1 N–H and O–H groups in total. The number of halogens is 1. The van der Waals surface area contributed by atoms with Crippen LogP contribution in [0.4, 0.5) is 0 Å². The number of para-hydroxylation sites is 1. The lowest BCUT2D eigenvalue weighted by molar-refractivity contribution is -0.126. The molecule has 0 aliphatic carbocycles. The van der Waals surface area contributed by atoms with Gasteiger partial charge in [-0.05, 0) is 42.8 Å². The molecule has 26 heavy (non-hydrogen) atoms. The minimum Gasteiger partial charge on any atom is -0.332 e. The number of hydrogen-bond donors (Lipinski definition) is 1. The summed E-state index contributed by atoms with van der Waals surface area (Å²) in [6.45, 7) is 2.61. The van der Waals surface area contributed by atoms with Crippen molar-refractivity contribution < 1.29 is 4.79 Å². The molecule has 2 aromatic carbocycles. The highest BCUT2D eigenvalue weighted by atomic mass is 35.5. The highest BCUT2D eigenvalue weighted by Crippen LogP contribution is 2.12. The number of likely N-dealkylation sites (N-methyl/N-ethyl adjacent to an activating group) is 1. The number of aromatic amines is 1. The van der Waals surface area contributed by atoms with E-state index in [0.29, 0.717) is 28.3 Å². The van der Waals surface area contributed by atoms with Crippen molar-refractivity contribution in [3.63, 3.8) is 0 Å². The van der Waals surface area contributed by atoms with Gasteiger partial charge in [-0.15, -0.1) is 0 Å². The lowest BCUT2D eigenvalue weighted by atomic mass is 10.2. The standard InChI is InChI=1S/C20H18ClN3O2/c1-2-24(19(25)11-10-14-6-5-7-15(21)12-14)13-18-22-17-9-4-3-8-16(17)20(26)23-18/h3-12H,2,13H2,1H3,(H,22,23,26)/b11-10+. The Balaban J connectivity index is 1.78. The molecule has 0 saturated heterocycles. The van der Waals surface area contributed by atoms with Gasteiger partial charge in [0.15, 0.2) is 0 Å². The molecule has 0 fully saturated rings. The van der Waals surface area contributed by atoms with Gasteiger partial charge in [0.05, 0.1) is 17.4 Å². The van der Waals surface area contributed by atoms with E-state index < -0.39 is 0 Å². The fourth-order valence-corrected chi connectivity index (χ4v) is 2.82. The maximum atomic E-state index is 12.5. The minimum atomic E-state index is -0.205. The van der Waals surface area contributed by atoms with Crippen molar-refractivity contribution in [3.8, 4) is 0 Å². The van der Waals surface area contributed by atoms with Crippen molar-refractivity contribution >= 4 is 34.5 Å². The van der Waals surface area contributed by atoms with E-state index in [0.717, 1.165) is 5.56 Å². The SMILES string of the molecule is CCN(Cc1nc2ccccc2c(=O)[nH]1)C(=O)/C=C/c1cccc(Cl)c1. The predicted molar refractivity (Wildman–Crippen MR) is 104 cm³/mol. The molecule has 132 valence electrons. The average molecular weight is 368 g/mol. The molecule has 0 aliphatic heterocycles. The molecule has 3 aromatic rings. The van der Waals surface area contributed by atoms with Crippen LogP contribution in [0.25, 0.3) is 17.0 Å². The second-order valence-electron chi connectivity index (χ2n) is 5.77. The highest BCUT2D eigenvalue weighted by Gasteiger charge is 2.12. The third kappa shape index (κ3) is 4.18. The van der Waals surface area contributed by atoms with E-state index >= 15 is 0 Å². The second-order valence-corrected chi connectivity index (χ2v) is 6.21. The van der Waals surface area contributed by atoms with Crippen molar-refractivity contribution in [3.05, 3.63) is 81.4 Å². The first-order valence-electron chi connectivity index (χ1n) is 8.27. The fraction of sp³-hybridized carbons (Fsp3) is 0.150. The fourth-order valence-electron chi connectivity index (χ4n) is 2.62. The lowest BCUT2D eigenvalue weighted by Crippen LogP contribution is -2.30. The molecule has 5 nitrogen and oxygen atoms in total.